The maximum Gasteiger partial charge on any atom is 0.240 e. The van der Waals surface area contributed by atoms with Crippen LogP contribution in [0.4, 0.5) is 5.69 Å². The van der Waals surface area contributed by atoms with Gasteiger partial charge >= 0.3 is 0 Å². The number of hydrogen-bond donors (Lipinski definition) is 1. The third kappa shape index (κ3) is 5.99. The molecule has 27 heavy (non-hydrogen) atoms. The molecule has 2 rings (SSSR count). The van der Waals surface area contributed by atoms with E-state index in [4.69, 9.17) is 4.74 Å². The lowest BCUT2D eigenvalue weighted by Crippen LogP contribution is -2.41. The summed E-state index contributed by atoms with van der Waals surface area (Å²) < 4.78 is 30.7. The topological polar surface area (TPSA) is 75.7 Å². The minimum atomic E-state index is -3.56. The zero-order valence-corrected chi connectivity index (χ0v) is 16.8. The maximum atomic E-state index is 12.3. The minimum Gasteiger partial charge on any atom is -0.496 e. The van der Waals surface area contributed by atoms with Crippen LogP contribution in [0.1, 0.15) is 17.5 Å². The van der Waals surface area contributed by atoms with Crippen LogP contribution in [0.5, 0.6) is 5.75 Å². The molecule has 0 saturated heterocycles. The molecule has 7 heteroatoms. The molecule has 0 atom stereocenters. The number of rotatable bonds is 9. The zero-order chi connectivity index (χ0) is 19.9. The van der Waals surface area contributed by atoms with Gasteiger partial charge in [-0.05, 0) is 43.0 Å². The molecule has 0 heterocycles. The molecular weight excluding hydrogens is 364 g/mol. The Labute approximate surface area is 161 Å². The van der Waals surface area contributed by atoms with Gasteiger partial charge in [0.1, 0.15) is 12.3 Å². The lowest BCUT2D eigenvalue weighted by atomic mass is 10.1. The predicted molar refractivity (Wildman–Crippen MR) is 108 cm³/mol. The van der Waals surface area contributed by atoms with E-state index >= 15 is 0 Å². The number of nitrogens with one attached hydrogen (secondary N) is 1. The molecule has 0 saturated carbocycles. The number of para-hydroxylation sites is 2. The van der Waals surface area contributed by atoms with E-state index in [9.17, 15) is 13.2 Å². The second-order valence-electron chi connectivity index (χ2n) is 6.32. The molecule has 0 aliphatic heterocycles. The first-order valence-electron chi connectivity index (χ1n) is 8.75. The molecule has 0 aliphatic carbocycles. The molecule has 0 spiro atoms. The second-order valence-corrected chi connectivity index (χ2v) is 8.23. The normalized spacial score (nSPS) is 11.1. The van der Waals surface area contributed by atoms with Gasteiger partial charge in [-0.3, -0.25) is 9.10 Å². The summed E-state index contributed by atoms with van der Waals surface area (Å²) in [4.78, 5) is 12.3. The highest BCUT2D eigenvalue weighted by Gasteiger charge is 2.21. The summed E-state index contributed by atoms with van der Waals surface area (Å²) in [7, 11) is -1.93. The molecule has 0 aliphatic rings. The number of sulfonamides is 1. The van der Waals surface area contributed by atoms with Gasteiger partial charge in [0, 0.05) is 6.54 Å². The van der Waals surface area contributed by atoms with Crippen LogP contribution < -0.4 is 14.4 Å². The highest BCUT2D eigenvalue weighted by molar-refractivity contribution is 7.92. The number of amides is 1. The molecule has 0 unspecified atom stereocenters. The molecule has 2 aromatic rings. The molecule has 1 N–H and O–H groups in total. The number of ether oxygens (including phenoxy) is 1. The Hall–Kier alpha value is -2.54. The van der Waals surface area contributed by atoms with E-state index in [0.29, 0.717) is 12.2 Å². The molecule has 0 radical (unpaired) electrons. The molecule has 1 amide bonds. The number of hydrogen-bond acceptors (Lipinski definition) is 4. The monoisotopic (exact) mass is 390 g/mol. The van der Waals surface area contributed by atoms with E-state index in [1.54, 1.807) is 19.2 Å². The van der Waals surface area contributed by atoms with Crippen molar-refractivity contribution in [2.75, 3.05) is 30.8 Å². The third-order valence-corrected chi connectivity index (χ3v) is 5.34. The van der Waals surface area contributed by atoms with Gasteiger partial charge in [0.25, 0.3) is 0 Å². The highest BCUT2D eigenvalue weighted by Crippen LogP contribution is 2.21. The van der Waals surface area contributed by atoms with Crippen molar-refractivity contribution in [2.24, 2.45) is 0 Å². The zero-order valence-electron chi connectivity index (χ0n) is 15.9. The predicted octanol–water partition coefficient (Wildman–Crippen LogP) is 2.52. The van der Waals surface area contributed by atoms with Gasteiger partial charge in [0.2, 0.25) is 15.9 Å². The number of benzene rings is 2. The van der Waals surface area contributed by atoms with Crippen molar-refractivity contribution >= 4 is 21.6 Å². The van der Waals surface area contributed by atoms with Crippen molar-refractivity contribution in [3.8, 4) is 5.75 Å². The Morgan fingerprint density at radius 2 is 1.78 bits per heavy atom. The Bertz CT molecular complexity index is 881. The summed E-state index contributed by atoms with van der Waals surface area (Å²) in [6.07, 6.45) is 2.60. The van der Waals surface area contributed by atoms with Gasteiger partial charge in [-0.1, -0.05) is 36.4 Å². The van der Waals surface area contributed by atoms with Gasteiger partial charge in [-0.2, -0.15) is 0 Å². The SMILES string of the molecule is COc1ccccc1CCCNC(=O)CN(c1ccccc1C)S(C)(=O)=O. The number of anilines is 1. The van der Waals surface area contributed by atoms with Gasteiger partial charge < -0.3 is 10.1 Å². The Morgan fingerprint density at radius 1 is 1.11 bits per heavy atom. The van der Waals surface area contributed by atoms with Gasteiger partial charge in [-0.15, -0.1) is 0 Å². The number of carbonyl (C=O) groups is 1. The van der Waals surface area contributed by atoms with E-state index in [2.05, 4.69) is 5.32 Å². The molecular formula is C20H26N2O4S. The van der Waals surface area contributed by atoms with E-state index in [-0.39, 0.29) is 12.5 Å². The fourth-order valence-corrected chi connectivity index (χ4v) is 3.74. The summed E-state index contributed by atoms with van der Waals surface area (Å²) in [6, 6.07) is 14.9. The molecule has 146 valence electrons. The number of nitrogens with zero attached hydrogens (tertiary/aromatic N) is 1. The number of carbonyl (C=O) groups excluding carboxylic acids is 1. The van der Waals surface area contributed by atoms with E-state index in [0.717, 1.165) is 40.3 Å². The minimum absolute atomic E-state index is 0.238. The van der Waals surface area contributed by atoms with Crippen LogP contribution in [0.2, 0.25) is 0 Å². The molecule has 0 fully saturated rings. The summed E-state index contributed by atoms with van der Waals surface area (Å²) in [5, 5.41) is 2.80. The fraction of sp³-hybridized carbons (Fsp3) is 0.350. The highest BCUT2D eigenvalue weighted by atomic mass is 32.2. The van der Waals surface area contributed by atoms with E-state index in [1.807, 2.05) is 43.3 Å². The molecule has 0 bridgehead atoms. The first-order valence-corrected chi connectivity index (χ1v) is 10.6. The van der Waals surface area contributed by atoms with Crippen molar-refractivity contribution in [1.82, 2.24) is 5.32 Å². The van der Waals surface area contributed by atoms with Crippen LogP contribution in [0.25, 0.3) is 0 Å². The summed E-state index contributed by atoms with van der Waals surface area (Å²) in [6.45, 7) is 2.04. The van der Waals surface area contributed by atoms with Crippen LogP contribution >= 0.6 is 0 Å². The quantitative estimate of drug-likeness (QED) is 0.668. The standard InChI is InChI=1S/C20H26N2O4S/c1-16-9-4-6-12-18(16)22(27(3,24)25)15-20(23)21-14-8-11-17-10-5-7-13-19(17)26-2/h4-7,9-10,12-13H,8,11,14-15H2,1-3H3,(H,21,23). The molecule has 6 nitrogen and oxygen atoms in total. The van der Waals surface area contributed by atoms with E-state index < -0.39 is 10.0 Å². The molecule has 2 aromatic carbocycles. The van der Waals surface area contributed by atoms with Crippen LogP contribution in [0.15, 0.2) is 48.5 Å². The first kappa shape index (κ1) is 20.8. The smallest absolute Gasteiger partial charge is 0.240 e. The van der Waals surface area contributed by atoms with Crippen LogP contribution in [0.3, 0.4) is 0 Å². The van der Waals surface area contributed by atoms with Gasteiger partial charge in [0.15, 0.2) is 0 Å². The fourth-order valence-electron chi connectivity index (χ4n) is 2.83. The lowest BCUT2D eigenvalue weighted by Gasteiger charge is -2.23. The van der Waals surface area contributed by atoms with Crippen molar-refractivity contribution in [3.63, 3.8) is 0 Å². The van der Waals surface area contributed by atoms with Crippen LogP contribution in [0, 0.1) is 6.92 Å². The van der Waals surface area contributed by atoms with Crippen LogP contribution in [-0.4, -0.2) is 40.8 Å². The maximum absolute atomic E-state index is 12.3. The first-order chi connectivity index (χ1) is 12.8. The van der Waals surface area contributed by atoms with Crippen molar-refractivity contribution in [2.45, 2.75) is 19.8 Å². The van der Waals surface area contributed by atoms with Crippen LogP contribution in [-0.2, 0) is 21.2 Å². The second kappa shape index (κ2) is 9.41. The average Bonchev–Trinajstić information content (AvgIpc) is 2.63. The lowest BCUT2D eigenvalue weighted by molar-refractivity contribution is -0.119. The number of aryl methyl sites for hydroxylation is 2. The van der Waals surface area contributed by atoms with Gasteiger partial charge in [0.05, 0.1) is 19.1 Å². The summed E-state index contributed by atoms with van der Waals surface area (Å²) in [5.74, 6) is 0.496. The Kier molecular flexibility index (Phi) is 7.24. The average molecular weight is 391 g/mol. The van der Waals surface area contributed by atoms with Crippen molar-refractivity contribution in [1.29, 1.82) is 0 Å². The van der Waals surface area contributed by atoms with Crippen molar-refractivity contribution < 1.29 is 17.9 Å². The van der Waals surface area contributed by atoms with E-state index in [1.165, 1.54) is 0 Å². The summed E-state index contributed by atoms with van der Waals surface area (Å²) >= 11 is 0. The summed E-state index contributed by atoms with van der Waals surface area (Å²) in [5.41, 5.74) is 2.39. The van der Waals surface area contributed by atoms with Gasteiger partial charge in [-0.25, -0.2) is 8.42 Å². The largest absolute Gasteiger partial charge is 0.496 e. The third-order valence-electron chi connectivity index (χ3n) is 4.21. The number of methoxy groups -OCH3 is 1. The Morgan fingerprint density at radius 3 is 2.44 bits per heavy atom. The molecule has 0 aromatic heterocycles. The Balaban J connectivity index is 1.92. The van der Waals surface area contributed by atoms with Crippen molar-refractivity contribution in [3.05, 3.63) is 59.7 Å².